The Balaban J connectivity index is 1.87. The van der Waals surface area contributed by atoms with Gasteiger partial charge in [-0.05, 0) is 12.1 Å². The molecular weight excluding hydrogens is 294 g/mol. The molecule has 1 aromatic carbocycles. The minimum Gasteiger partial charge on any atom is -0.497 e. The average Bonchev–Trinajstić information content (AvgIpc) is 2.94. The topological polar surface area (TPSA) is 84.9 Å². The molecule has 0 saturated heterocycles. The first kappa shape index (κ1) is 14.9. The van der Waals surface area contributed by atoms with Gasteiger partial charge in [0.2, 0.25) is 0 Å². The van der Waals surface area contributed by atoms with Crippen LogP contribution in [0.2, 0.25) is 0 Å². The van der Waals surface area contributed by atoms with Crippen LogP contribution in [0.4, 0.5) is 5.69 Å². The Bertz CT molecular complexity index is 652. The summed E-state index contributed by atoms with van der Waals surface area (Å²) in [4.78, 5) is 22.6. The fourth-order valence-corrected chi connectivity index (χ4v) is 2.22. The molecule has 0 fully saturated rings. The van der Waals surface area contributed by atoms with Crippen LogP contribution < -0.4 is 14.8 Å². The van der Waals surface area contributed by atoms with Gasteiger partial charge in [0.05, 0.1) is 7.11 Å². The van der Waals surface area contributed by atoms with E-state index in [-0.39, 0.29) is 17.4 Å². The quantitative estimate of drug-likeness (QED) is 0.856. The predicted molar refractivity (Wildman–Crippen MR) is 78.4 cm³/mol. The van der Waals surface area contributed by atoms with Gasteiger partial charge in [-0.1, -0.05) is 6.07 Å². The second-order valence-electron chi connectivity index (χ2n) is 4.02. The third kappa shape index (κ3) is 4.22. The summed E-state index contributed by atoms with van der Waals surface area (Å²) < 4.78 is 10.3. The first-order chi connectivity index (χ1) is 10.1. The number of anilines is 1. The number of aromatic carboxylic acids is 1. The van der Waals surface area contributed by atoms with Crippen molar-refractivity contribution in [3.05, 3.63) is 40.6 Å². The van der Waals surface area contributed by atoms with Crippen LogP contribution in [0, 0.1) is 0 Å². The number of hydrogen-bond acceptors (Lipinski definition) is 5. The Morgan fingerprint density at radius 1 is 1.29 bits per heavy atom. The molecule has 21 heavy (non-hydrogen) atoms. The number of amides is 1. The second-order valence-corrected chi connectivity index (χ2v) is 4.93. The number of methoxy groups -OCH3 is 1. The first-order valence-corrected chi connectivity index (χ1v) is 6.85. The van der Waals surface area contributed by atoms with Crippen molar-refractivity contribution < 1.29 is 24.2 Å². The molecule has 2 rings (SSSR count). The number of hydrogen-bond donors (Lipinski definition) is 2. The van der Waals surface area contributed by atoms with E-state index in [9.17, 15) is 9.59 Å². The lowest BCUT2D eigenvalue weighted by molar-refractivity contribution is -0.118. The van der Waals surface area contributed by atoms with Gasteiger partial charge >= 0.3 is 5.97 Å². The predicted octanol–water partition coefficient (Wildman–Crippen LogP) is 2.47. The van der Waals surface area contributed by atoms with E-state index in [2.05, 4.69) is 5.32 Å². The van der Waals surface area contributed by atoms with Gasteiger partial charge in [-0.15, -0.1) is 11.3 Å². The fraction of sp³-hybridized carbons (Fsp3) is 0.143. The molecule has 0 aliphatic carbocycles. The number of ether oxygens (including phenoxy) is 2. The number of nitrogens with one attached hydrogen (secondary N) is 1. The molecule has 0 saturated carbocycles. The summed E-state index contributed by atoms with van der Waals surface area (Å²) in [7, 11) is 1.54. The maximum Gasteiger partial charge on any atom is 0.346 e. The summed E-state index contributed by atoms with van der Waals surface area (Å²) in [6.07, 6.45) is 0. The van der Waals surface area contributed by atoms with Gasteiger partial charge in [-0.2, -0.15) is 0 Å². The van der Waals surface area contributed by atoms with Crippen LogP contribution in [0.3, 0.4) is 0 Å². The van der Waals surface area contributed by atoms with Crippen molar-refractivity contribution in [2.45, 2.75) is 0 Å². The number of carboxylic acid groups (broad SMARTS) is 1. The van der Waals surface area contributed by atoms with Crippen molar-refractivity contribution in [2.24, 2.45) is 0 Å². The maximum atomic E-state index is 11.7. The number of rotatable bonds is 6. The standard InChI is InChI=1S/C14H13NO5S/c1-19-10-4-2-3-9(5-10)15-13(16)7-20-11-6-12(14(17)18)21-8-11/h2-6,8H,7H2,1H3,(H,15,16)(H,17,18). The van der Waals surface area contributed by atoms with E-state index in [4.69, 9.17) is 14.6 Å². The Kier molecular flexibility index (Phi) is 4.78. The van der Waals surface area contributed by atoms with Crippen LogP contribution in [0.25, 0.3) is 0 Å². The van der Waals surface area contributed by atoms with E-state index in [0.717, 1.165) is 11.3 Å². The van der Waals surface area contributed by atoms with E-state index < -0.39 is 5.97 Å². The highest BCUT2D eigenvalue weighted by molar-refractivity contribution is 7.12. The molecule has 2 N–H and O–H groups in total. The van der Waals surface area contributed by atoms with Gasteiger partial charge in [-0.3, -0.25) is 4.79 Å². The summed E-state index contributed by atoms with van der Waals surface area (Å²) >= 11 is 1.05. The lowest BCUT2D eigenvalue weighted by atomic mass is 10.3. The summed E-state index contributed by atoms with van der Waals surface area (Å²) in [6, 6.07) is 8.32. The Labute approximate surface area is 124 Å². The van der Waals surface area contributed by atoms with Crippen LogP contribution in [0.1, 0.15) is 9.67 Å². The molecule has 110 valence electrons. The van der Waals surface area contributed by atoms with Crippen LogP contribution in [0.5, 0.6) is 11.5 Å². The number of carbonyl (C=O) groups is 2. The normalized spacial score (nSPS) is 9.95. The zero-order chi connectivity index (χ0) is 15.2. The highest BCUT2D eigenvalue weighted by Crippen LogP contribution is 2.21. The minimum absolute atomic E-state index is 0.165. The first-order valence-electron chi connectivity index (χ1n) is 5.97. The van der Waals surface area contributed by atoms with Crippen LogP contribution in [-0.2, 0) is 4.79 Å². The molecule has 0 unspecified atom stereocenters. The molecule has 0 atom stereocenters. The molecular formula is C14H13NO5S. The lowest BCUT2D eigenvalue weighted by Gasteiger charge is -2.07. The monoisotopic (exact) mass is 307 g/mol. The molecule has 6 nitrogen and oxygen atoms in total. The largest absolute Gasteiger partial charge is 0.497 e. The lowest BCUT2D eigenvalue weighted by Crippen LogP contribution is -2.19. The summed E-state index contributed by atoms with van der Waals surface area (Å²) in [5, 5.41) is 13.0. The number of thiophene rings is 1. The van der Waals surface area contributed by atoms with Crippen molar-refractivity contribution in [3.63, 3.8) is 0 Å². The fourth-order valence-electron chi connectivity index (χ4n) is 1.55. The third-order valence-corrected chi connectivity index (χ3v) is 3.41. The zero-order valence-electron chi connectivity index (χ0n) is 11.2. The van der Waals surface area contributed by atoms with Crippen molar-refractivity contribution in [1.29, 1.82) is 0 Å². The number of carboxylic acids is 1. The third-order valence-electron chi connectivity index (χ3n) is 2.51. The van der Waals surface area contributed by atoms with E-state index in [1.165, 1.54) is 6.07 Å². The summed E-state index contributed by atoms with van der Waals surface area (Å²) in [5.41, 5.74) is 0.597. The number of benzene rings is 1. The molecule has 1 aromatic heterocycles. The van der Waals surface area contributed by atoms with Crippen molar-refractivity contribution in [2.75, 3.05) is 19.0 Å². The Hall–Kier alpha value is -2.54. The second kappa shape index (κ2) is 6.76. The molecule has 0 aliphatic heterocycles. The Morgan fingerprint density at radius 2 is 2.10 bits per heavy atom. The van der Waals surface area contributed by atoms with Crippen molar-refractivity contribution in [3.8, 4) is 11.5 Å². The van der Waals surface area contributed by atoms with Gasteiger partial charge in [-0.25, -0.2) is 4.79 Å². The average molecular weight is 307 g/mol. The van der Waals surface area contributed by atoms with Gasteiger partial charge < -0.3 is 19.9 Å². The number of carbonyl (C=O) groups excluding carboxylic acids is 1. The van der Waals surface area contributed by atoms with Crippen molar-refractivity contribution >= 4 is 28.9 Å². The highest BCUT2D eigenvalue weighted by Gasteiger charge is 2.09. The Morgan fingerprint density at radius 3 is 2.76 bits per heavy atom. The molecule has 1 heterocycles. The van der Waals surface area contributed by atoms with Gasteiger partial charge in [0.25, 0.3) is 5.91 Å². The highest BCUT2D eigenvalue weighted by atomic mass is 32.1. The SMILES string of the molecule is COc1cccc(NC(=O)COc2csc(C(=O)O)c2)c1. The van der Waals surface area contributed by atoms with Crippen LogP contribution >= 0.6 is 11.3 Å². The van der Waals surface area contributed by atoms with E-state index in [1.807, 2.05) is 0 Å². The molecule has 2 aromatic rings. The maximum absolute atomic E-state index is 11.7. The van der Waals surface area contributed by atoms with Crippen molar-refractivity contribution in [1.82, 2.24) is 0 Å². The molecule has 0 bridgehead atoms. The molecule has 7 heteroatoms. The minimum atomic E-state index is -1.02. The summed E-state index contributed by atoms with van der Waals surface area (Å²) in [5.74, 6) is -0.363. The molecule has 0 radical (unpaired) electrons. The molecule has 0 spiro atoms. The van der Waals surface area contributed by atoms with Gasteiger partial charge in [0.1, 0.15) is 16.4 Å². The van der Waals surface area contributed by atoms with Gasteiger partial charge in [0, 0.05) is 23.2 Å². The molecule has 0 aliphatic rings. The van der Waals surface area contributed by atoms with Crippen LogP contribution in [-0.4, -0.2) is 30.7 Å². The smallest absolute Gasteiger partial charge is 0.346 e. The van der Waals surface area contributed by atoms with Gasteiger partial charge in [0.15, 0.2) is 6.61 Å². The van der Waals surface area contributed by atoms with E-state index in [0.29, 0.717) is 17.2 Å². The summed E-state index contributed by atoms with van der Waals surface area (Å²) in [6.45, 7) is -0.201. The van der Waals surface area contributed by atoms with E-state index in [1.54, 1.807) is 36.8 Å². The van der Waals surface area contributed by atoms with Crippen LogP contribution in [0.15, 0.2) is 35.7 Å². The van der Waals surface area contributed by atoms with E-state index >= 15 is 0 Å². The zero-order valence-corrected chi connectivity index (χ0v) is 12.0. The molecule has 1 amide bonds.